The van der Waals surface area contributed by atoms with Crippen molar-refractivity contribution in [3.05, 3.63) is 59.3 Å². The lowest BCUT2D eigenvalue weighted by molar-refractivity contribution is -0.139. The fourth-order valence-electron chi connectivity index (χ4n) is 2.21. The van der Waals surface area contributed by atoms with Gasteiger partial charge in [0.2, 0.25) is 0 Å². The number of benzene rings is 1. The average Bonchev–Trinajstić information content (AvgIpc) is 2.55. The normalized spacial score (nSPS) is 19.4. The van der Waals surface area contributed by atoms with Crippen LogP contribution in [-0.4, -0.2) is 41.0 Å². The lowest BCUT2D eigenvalue weighted by Crippen LogP contribution is -2.41. The molecule has 1 aromatic carbocycles. The summed E-state index contributed by atoms with van der Waals surface area (Å²) in [5.41, 5.74) is 1.70. The number of carboxylic acids is 2. The second-order valence-corrected chi connectivity index (χ2v) is 5.13. The van der Waals surface area contributed by atoms with Crippen molar-refractivity contribution < 1.29 is 19.8 Å². The van der Waals surface area contributed by atoms with Crippen LogP contribution >= 0.6 is 0 Å². The summed E-state index contributed by atoms with van der Waals surface area (Å²) >= 11 is 0. The molecule has 1 heterocycles. The molecule has 0 aromatic heterocycles. The number of nitrogens with one attached hydrogen (secondary N) is 1. The van der Waals surface area contributed by atoms with E-state index in [-0.39, 0.29) is 12.1 Å². The van der Waals surface area contributed by atoms with Gasteiger partial charge in [-0.2, -0.15) is 0 Å². The van der Waals surface area contributed by atoms with E-state index >= 15 is 0 Å². The van der Waals surface area contributed by atoms with E-state index in [1.54, 1.807) is 12.3 Å². The lowest BCUT2D eigenvalue weighted by Gasteiger charge is -2.21. The van der Waals surface area contributed by atoms with Gasteiger partial charge in [0.25, 0.3) is 0 Å². The topological polar surface area (TPSA) is 99.0 Å². The standard InChI is InChI=1S/C17H18N2O4/c20-16(21)14-10-13(11-15(19-14)17(22)23)7-9-18-8-6-12-4-2-1-3-5-12/h1-5,7,9-10,15,19H,6,8,11H2,(H,20,21)(H,22,23)/b13-7-,18-9?/t15-/m0/s1. The van der Waals surface area contributed by atoms with Crippen LogP contribution in [0.25, 0.3) is 0 Å². The Bertz CT molecular complexity index is 662. The van der Waals surface area contributed by atoms with Crippen molar-refractivity contribution in [1.82, 2.24) is 5.32 Å². The van der Waals surface area contributed by atoms with E-state index in [2.05, 4.69) is 10.3 Å². The number of carbonyl (C=O) groups is 2. The molecule has 0 amide bonds. The molecule has 0 fully saturated rings. The molecule has 120 valence electrons. The summed E-state index contributed by atoms with van der Waals surface area (Å²) in [5.74, 6) is -2.26. The Morgan fingerprint density at radius 1 is 1.26 bits per heavy atom. The smallest absolute Gasteiger partial charge is 0.351 e. The molecule has 0 spiro atoms. The van der Waals surface area contributed by atoms with Crippen molar-refractivity contribution in [3.63, 3.8) is 0 Å². The minimum atomic E-state index is -1.18. The van der Waals surface area contributed by atoms with Gasteiger partial charge in [0.1, 0.15) is 11.7 Å². The molecule has 1 aromatic rings. The second-order valence-electron chi connectivity index (χ2n) is 5.13. The minimum absolute atomic E-state index is 0.118. The monoisotopic (exact) mass is 314 g/mol. The Labute approximate surface area is 133 Å². The number of hydrogen-bond acceptors (Lipinski definition) is 4. The van der Waals surface area contributed by atoms with Gasteiger partial charge in [0, 0.05) is 19.2 Å². The molecule has 1 aliphatic rings. The number of aliphatic carboxylic acids is 2. The van der Waals surface area contributed by atoms with Crippen LogP contribution < -0.4 is 5.32 Å². The predicted molar refractivity (Wildman–Crippen MR) is 86.5 cm³/mol. The summed E-state index contributed by atoms with van der Waals surface area (Å²) in [6.45, 7) is 0.615. The third kappa shape index (κ3) is 5.10. The van der Waals surface area contributed by atoms with Gasteiger partial charge in [0.05, 0.1) is 0 Å². The van der Waals surface area contributed by atoms with Gasteiger partial charge >= 0.3 is 11.9 Å². The maximum Gasteiger partial charge on any atom is 0.351 e. The summed E-state index contributed by atoms with van der Waals surface area (Å²) in [7, 11) is 0. The highest BCUT2D eigenvalue weighted by molar-refractivity contribution is 5.89. The number of allylic oxidation sites excluding steroid dienone is 2. The van der Waals surface area contributed by atoms with Crippen molar-refractivity contribution in [3.8, 4) is 0 Å². The largest absolute Gasteiger partial charge is 0.480 e. The van der Waals surface area contributed by atoms with Gasteiger partial charge in [-0.1, -0.05) is 30.3 Å². The van der Waals surface area contributed by atoms with E-state index < -0.39 is 18.0 Å². The van der Waals surface area contributed by atoms with Crippen molar-refractivity contribution in [2.75, 3.05) is 6.54 Å². The molecule has 6 nitrogen and oxygen atoms in total. The summed E-state index contributed by atoms with van der Waals surface area (Å²) in [6, 6.07) is 9.02. The lowest BCUT2D eigenvalue weighted by atomic mass is 10.00. The van der Waals surface area contributed by atoms with Gasteiger partial charge in [0.15, 0.2) is 0 Å². The first-order valence-electron chi connectivity index (χ1n) is 7.23. The van der Waals surface area contributed by atoms with E-state index in [9.17, 15) is 9.59 Å². The van der Waals surface area contributed by atoms with Crippen LogP contribution in [0.15, 0.2) is 58.7 Å². The molecule has 23 heavy (non-hydrogen) atoms. The number of carboxylic acid groups (broad SMARTS) is 2. The number of nitrogens with zero attached hydrogens (tertiary/aromatic N) is 1. The Kier molecular flexibility index (Phi) is 5.68. The van der Waals surface area contributed by atoms with Crippen molar-refractivity contribution in [2.45, 2.75) is 18.9 Å². The first-order valence-corrected chi connectivity index (χ1v) is 7.23. The first-order chi connectivity index (χ1) is 11.1. The first kappa shape index (κ1) is 16.5. The molecule has 0 saturated carbocycles. The molecule has 6 heteroatoms. The molecule has 3 N–H and O–H groups in total. The Morgan fingerprint density at radius 2 is 2.00 bits per heavy atom. The maximum absolute atomic E-state index is 11.1. The number of rotatable bonds is 6. The number of hydrogen-bond donors (Lipinski definition) is 3. The zero-order chi connectivity index (χ0) is 16.7. The second kappa shape index (κ2) is 7.93. The van der Waals surface area contributed by atoms with E-state index in [1.165, 1.54) is 11.6 Å². The van der Waals surface area contributed by atoms with Crippen LogP contribution in [0.1, 0.15) is 12.0 Å². The van der Waals surface area contributed by atoms with Crippen LogP contribution in [0.5, 0.6) is 0 Å². The van der Waals surface area contributed by atoms with E-state index in [4.69, 9.17) is 10.2 Å². The Hall–Kier alpha value is -2.89. The number of aliphatic imine (C=N–C) groups is 1. The molecular weight excluding hydrogens is 296 g/mol. The highest BCUT2D eigenvalue weighted by Crippen LogP contribution is 2.16. The quantitative estimate of drug-likeness (QED) is 0.693. The fraction of sp³-hybridized carbons (Fsp3) is 0.235. The van der Waals surface area contributed by atoms with Gasteiger partial charge in [-0.3, -0.25) is 4.99 Å². The van der Waals surface area contributed by atoms with Gasteiger partial charge in [-0.15, -0.1) is 0 Å². The van der Waals surface area contributed by atoms with Gasteiger partial charge in [-0.25, -0.2) is 9.59 Å². The molecule has 0 radical (unpaired) electrons. The molecular formula is C17H18N2O4. The molecule has 0 aliphatic carbocycles. The van der Waals surface area contributed by atoms with E-state index in [0.717, 1.165) is 6.42 Å². The molecule has 0 unspecified atom stereocenters. The third-order valence-electron chi connectivity index (χ3n) is 3.39. The third-order valence-corrected chi connectivity index (χ3v) is 3.39. The molecule has 0 bridgehead atoms. The zero-order valence-electron chi connectivity index (χ0n) is 12.5. The Morgan fingerprint density at radius 3 is 2.65 bits per heavy atom. The average molecular weight is 314 g/mol. The Balaban J connectivity index is 1.96. The molecule has 1 atom stereocenters. The van der Waals surface area contributed by atoms with Crippen molar-refractivity contribution in [1.29, 1.82) is 0 Å². The maximum atomic E-state index is 11.1. The SMILES string of the molecule is O=C(O)C1=C/C(=C/C=NCCc2ccccc2)C[C@@H](C(=O)O)N1. The molecule has 2 rings (SSSR count). The molecule has 0 saturated heterocycles. The van der Waals surface area contributed by atoms with Crippen LogP contribution in [0, 0.1) is 0 Å². The zero-order valence-corrected chi connectivity index (χ0v) is 12.5. The summed E-state index contributed by atoms with van der Waals surface area (Å²) in [6.07, 6.45) is 5.72. The van der Waals surface area contributed by atoms with Crippen LogP contribution in [0.4, 0.5) is 0 Å². The minimum Gasteiger partial charge on any atom is -0.480 e. The van der Waals surface area contributed by atoms with Crippen molar-refractivity contribution >= 4 is 18.2 Å². The van der Waals surface area contributed by atoms with E-state index in [1.807, 2.05) is 30.3 Å². The van der Waals surface area contributed by atoms with Crippen LogP contribution in [-0.2, 0) is 16.0 Å². The summed E-state index contributed by atoms with van der Waals surface area (Å²) in [5, 5.41) is 20.5. The summed E-state index contributed by atoms with van der Waals surface area (Å²) < 4.78 is 0. The fourth-order valence-corrected chi connectivity index (χ4v) is 2.21. The van der Waals surface area contributed by atoms with E-state index in [0.29, 0.717) is 12.1 Å². The predicted octanol–water partition coefficient (Wildman–Crippen LogP) is 1.64. The van der Waals surface area contributed by atoms with Crippen LogP contribution in [0.3, 0.4) is 0 Å². The van der Waals surface area contributed by atoms with Crippen molar-refractivity contribution in [2.24, 2.45) is 4.99 Å². The van der Waals surface area contributed by atoms with Gasteiger partial charge < -0.3 is 15.5 Å². The molecule has 1 aliphatic heterocycles. The van der Waals surface area contributed by atoms with Crippen LogP contribution in [0.2, 0.25) is 0 Å². The highest BCUT2D eigenvalue weighted by Gasteiger charge is 2.26. The van der Waals surface area contributed by atoms with Gasteiger partial charge in [-0.05, 0) is 29.7 Å². The highest BCUT2D eigenvalue weighted by atomic mass is 16.4. The summed E-state index contributed by atoms with van der Waals surface area (Å²) in [4.78, 5) is 26.3.